The average Bonchev–Trinajstić information content (AvgIpc) is 2.57. The molecule has 0 radical (unpaired) electrons. The second-order valence-corrected chi connectivity index (χ2v) is 5.78. The van der Waals surface area contributed by atoms with E-state index in [9.17, 15) is 13.2 Å². The molecule has 3 aromatic rings. The summed E-state index contributed by atoms with van der Waals surface area (Å²) in [6, 6.07) is 18.7. The van der Waals surface area contributed by atoms with Crippen LogP contribution in [0.2, 0.25) is 5.02 Å². The molecule has 0 fully saturated rings. The summed E-state index contributed by atoms with van der Waals surface area (Å²) in [7, 11) is 0. The third kappa shape index (κ3) is 4.31. The normalized spacial score (nSPS) is 12.6. The van der Waals surface area contributed by atoms with Crippen molar-refractivity contribution < 1.29 is 17.9 Å². The third-order valence-corrected chi connectivity index (χ3v) is 3.79. The van der Waals surface area contributed by atoms with E-state index in [0.717, 1.165) is 0 Å². The van der Waals surface area contributed by atoms with E-state index in [4.69, 9.17) is 16.3 Å². The predicted molar refractivity (Wildman–Crippen MR) is 90.1 cm³/mol. The Morgan fingerprint density at radius 3 is 2.16 bits per heavy atom. The Morgan fingerprint density at radius 2 is 1.52 bits per heavy atom. The minimum Gasteiger partial charge on any atom is -0.439 e. The van der Waals surface area contributed by atoms with Crippen LogP contribution in [0.15, 0.2) is 72.8 Å². The van der Waals surface area contributed by atoms with Crippen LogP contribution in [0.5, 0.6) is 11.6 Å². The molecule has 2 aromatic carbocycles. The number of ether oxygens (including phenoxy) is 1. The monoisotopic (exact) mass is 363 g/mol. The molecule has 128 valence electrons. The molecule has 0 aliphatic carbocycles. The van der Waals surface area contributed by atoms with Gasteiger partial charge in [0.2, 0.25) is 5.88 Å². The number of alkyl halides is 3. The molecule has 6 heteroatoms. The van der Waals surface area contributed by atoms with E-state index in [1.165, 1.54) is 42.5 Å². The van der Waals surface area contributed by atoms with Crippen LogP contribution in [0.3, 0.4) is 0 Å². The van der Waals surface area contributed by atoms with E-state index in [2.05, 4.69) is 4.98 Å². The molecular formula is C19H13ClF3NO. The third-order valence-electron chi connectivity index (χ3n) is 3.54. The fourth-order valence-corrected chi connectivity index (χ4v) is 2.57. The molecule has 1 aromatic heterocycles. The molecule has 3 rings (SSSR count). The minimum absolute atomic E-state index is 0.0706. The van der Waals surface area contributed by atoms with Crippen LogP contribution in [0.4, 0.5) is 13.2 Å². The number of benzene rings is 2. The Hall–Kier alpha value is -2.53. The zero-order chi connectivity index (χ0) is 17.9. The zero-order valence-corrected chi connectivity index (χ0v) is 13.6. The molecule has 0 saturated carbocycles. The fraction of sp³-hybridized carbons (Fsp3) is 0.105. The summed E-state index contributed by atoms with van der Waals surface area (Å²) >= 11 is 5.78. The fourth-order valence-electron chi connectivity index (χ4n) is 2.44. The highest BCUT2D eigenvalue weighted by atomic mass is 35.5. The van der Waals surface area contributed by atoms with Gasteiger partial charge in [0.25, 0.3) is 0 Å². The van der Waals surface area contributed by atoms with Gasteiger partial charge in [-0.3, -0.25) is 0 Å². The largest absolute Gasteiger partial charge is 0.439 e. The lowest BCUT2D eigenvalue weighted by molar-refractivity contribution is -0.141. The van der Waals surface area contributed by atoms with Crippen molar-refractivity contribution in [3.63, 3.8) is 0 Å². The molecular weight excluding hydrogens is 351 g/mol. The van der Waals surface area contributed by atoms with E-state index in [1.54, 1.807) is 24.3 Å². The molecule has 2 nitrogen and oxygen atoms in total. The first-order valence-corrected chi connectivity index (χ1v) is 7.83. The van der Waals surface area contributed by atoms with E-state index in [-0.39, 0.29) is 17.1 Å². The summed E-state index contributed by atoms with van der Waals surface area (Å²) in [5, 5.41) is 0.374. The maximum Gasteiger partial charge on any atom is 0.401 e. The van der Waals surface area contributed by atoms with Crippen molar-refractivity contribution in [3.8, 4) is 11.6 Å². The Kier molecular flexibility index (Phi) is 4.95. The first-order valence-electron chi connectivity index (χ1n) is 7.45. The van der Waals surface area contributed by atoms with Crippen molar-refractivity contribution in [3.05, 3.63) is 89.1 Å². The number of pyridine rings is 1. The van der Waals surface area contributed by atoms with Crippen LogP contribution in [-0.4, -0.2) is 11.2 Å². The van der Waals surface area contributed by atoms with Gasteiger partial charge >= 0.3 is 6.18 Å². The molecule has 0 aliphatic heterocycles. The Balaban J connectivity index is 1.96. The standard InChI is InChI=1S/C19H13ClF3NO/c20-14-11-9-13(10-12-14)18(19(21,22)23)16-7-4-8-17(24-16)25-15-5-2-1-3-6-15/h1-12,18H. The van der Waals surface area contributed by atoms with Gasteiger partial charge in [-0.15, -0.1) is 0 Å². The van der Waals surface area contributed by atoms with Crippen molar-refractivity contribution in [1.29, 1.82) is 0 Å². The van der Waals surface area contributed by atoms with E-state index in [1.807, 2.05) is 6.07 Å². The number of halogens is 4. The van der Waals surface area contributed by atoms with E-state index >= 15 is 0 Å². The van der Waals surface area contributed by atoms with Gasteiger partial charge in [0.05, 0.1) is 5.69 Å². The molecule has 1 atom stereocenters. The van der Waals surface area contributed by atoms with Crippen molar-refractivity contribution >= 4 is 11.6 Å². The molecule has 1 heterocycles. The Morgan fingerprint density at radius 1 is 0.840 bits per heavy atom. The van der Waals surface area contributed by atoms with Crippen molar-refractivity contribution in [2.45, 2.75) is 12.1 Å². The maximum atomic E-state index is 13.6. The highest BCUT2D eigenvalue weighted by molar-refractivity contribution is 6.30. The summed E-state index contributed by atoms with van der Waals surface area (Å²) in [6.45, 7) is 0. The van der Waals surface area contributed by atoms with Gasteiger partial charge in [0.15, 0.2) is 0 Å². The summed E-state index contributed by atoms with van der Waals surface area (Å²) < 4.78 is 46.4. The van der Waals surface area contributed by atoms with Crippen LogP contribution in [-0.2, 0) is 0 Å². The van der Waals surface area contributed by atoms with Crippen LogP contribution < -0.4 is 4.74 Å². The van der Waals surface area contributed by atoms with Gasteiger partial charge in [-0.2, -0.15) is 13.2 Å². The first kappa shape index (κ1) is 17.3. The summed E-state index contributed by atoms with van der Waals surface area (Å²) in [5.41, 5.74) is -0.0653. The highest BCUT2D eigenvalue weighted by Crippen LogP contribution is 2.40. The van der Waals surface area contributed by atoms with Gasteiger partial charge in [-0.25, -0.2) is 4.98 Å². The van der Waals surface area contributed by atoms with Gasteiger partial charge in [0.1, 0.15) is 11.7 Å². The lowest BCUT2D eigenvalue weighted by Gasteiger charge is -2.21. The number of hydrogen-bond donors (Lipinski definition) is 0. The predicted octanol–water partition coefficient (Wildman–Crippen LogP) is 6.22. The summed E-state index contributed by atoms with van der Waals surface area (Å²) in [4.78, 5) is 4.06. The van der Waals surface area contributed by atoms with Crippen LogP contribution in [0, 0.1) is 0 Å². The van der Waals surface area contributed by atoms with Gasteiger partial charge in [0, 0.05) is 11.1 Å². The van der Waals surface area contributed by atoms with Gasteiger partial charge in [-0.1, -0.05) is 48.0 Å². The molecule has 0 spiro atoms. The molecule has 0 N–H and O–H groups in total. The second-order valence-electron chi connectivity index (χ2n) is 5.34. The lowest BCUT2D eigenvalue weighted by Crippen LogP contribution is -2.23. The Labute approximate surface area is 147 Å². The minimum atomic E-state index is -4.49. The van der Waals surface area contributed by atoms with Crippen molar-refractivity contribution in [2.75, 3.05) is 0 Å². The number of para-hydroxylation sites is 1. The zero-order valence-electron chi connectivity index (χ0n) is 12.9. The van der Waals surface area contributed by atoms with Crippen molar-refractivity contribution in [2.24, 2.45) is 0 Å². The number of rotatable bonds is 4. The SMILES string of the molecule is FC(F)(F)C(c1ccc(Cl)cc1)c1cccc(Oc2ccccc2)n1. The summed E-state index contributed by atoms with van der Waals surface area (Å²) in [5.74, 6) is -1.25. The van der Waals surface area contributed by atoms with Gasteiger partial charge < -0.3 is 4.74 Å². The van der Waals surface area contributed by atoms with Crippen LogP contribution >= 0.6 is 11.6 Å². The molecule has 0 saturated heterocycles. The summed E-state index contributed by atoms with van der Waals surface area (Å²) in [6.07, 6.45) is -4.49. The molecule has 25 heavy (non-hydrogen) atoms. The van der Waals surface area contributed by atoms with Crippen molar-refractivity contribution in [1.82, 2.24) is 4.98 Å². The number of aromatic nitrogens is 1. The molecule has 0 bridgehead atoms. The molecule has 0 amide bonds. The number of hydrogen-bond acceptors (Lipinski definition) is 2. The van der Waals surface area contributed by atoms with Crippen LogP contribution in [0.1, 0.15) is 17.2 Å². The maximum absolute atomic E-state index is 13.6. The smallest absolute Gasteiger partial charge is 0.401 e. The highest BCUT2D eigenvalue weighted by Gasteiger charge is 2.43. The molecule has 1 unspecified atom stereocenters. The van der Waals surface area contributed by atoms with Crippen LogP contribution in [0.25, 0.3) is 0 Å². The Bertz CT molecular complexity index is 835. The first-order chi connectivity index (χ1) is 11.9. The lowest BCUT2D eigenvalue weighted by atomic mass is 9.94. The topological polar surface area (TPSA) is 22.1 Å². The van der Waals surface area contributed by atoms with E-state index in [0.29, 0.717) is 10.8 Å². The molecule has 0 aliphatic rings. The average molecular weight is 364 g/mol. The number of nitrogens with zero attached hydrogens (tertiary/aromatic N) is 1. The second kappa shape index (κ2) is 7.15. The van der Waals surface area contributed by atoms with E-state index < -0.39 is 12.1 Å². The van der Waals surface area contributed by atoms with Gasteiger partial charge in [-0.05, 0) is 35.9 Å². The quantitative estimate of drug-likeness (QED) is 0.548.